The van der Waals surface area contributed by atoms with E-state index in [1.54, 1.807) is 0 Å². The number of likely N-dealkylation sites (tertiary alicyclic amines) is 1. The third kappa shape index (κ3) is 3.62. The SMILES string of the molecule is CCCN1C[C@@H](NC(=O)N(CC)CC)C[C@@H]2c3cc(C)cc4[nH]c(CC)c(c34)C[C@H]21. The van der Waals surface area contributed by atoms with E-state index in [2.05, 4.69) is 48.1 Å². The lowest BCUT2D eigenvalue weighted by Crippen LogP contribution is -2.58. The number of carbonyl (C=O) groups excluding carboxylic acids is 1. The second-order valence-electron chi connectivity index (χ2n) is 9.14. The number of benzene rings is 1. The van der Waals surface area contributed by atoms with Crippen LogP contribution in [0.4, 0.5) is 4.79 Å². The lowest BCUT2D eigenvalue weighted by atomic mass is 9.73. The molecule has 0 spiro atoms. The van der Waals surface area contributed by atoms with Crippen molar-refractivity contribution < 1.29 is 4.79 Å². The molecule has 2 aliphatic rings. The van der Waals surface area contributed by atoms with E-state index in [1.165, 1.54) is 33.3 Å². The number of aryl methyl sites for hydroxylation is 2. The van der Waals surface area contributed by atoms with Crippen molar-refractivity contribution in [3.05, 3.63) is 34.5 Å². The van der Waals surface area contributed by atoms with Crippen LogP contribution in [-0.2, 0) is 12.8 Å². The third-order valence-corrected chi connectivity index (χ3v) is 7.25. The fraction of sp³-hybridized carbons (Fsp3) is 0.640. The number of fused-ring (bicyclic) bond motifs is 2. The van der Waals surface area contributed by atoms with E-state index in [-0.39, 0.29) is 12.1 Å². The van der Waals surface area contributed by atoms with Gasteiger partial charge in [0.15, 0.2) is 0 Å². The van der Waals surface area contributed by atoms with Crippen molar-refractivity contribution in [1.29, 1.82) is 0 Å². The van der Waals surface area contributed by atoms with Gasteiger partial charge in [-0.15, -0.1) is 0 Å². The zero-order valence-electron chi connectivity index (χ0n) is 19.3. The molecular formula is C25H38N4O. The van der Waals surface area contributed by atoms with Crippen molar-refractivity contribution in [3.63, 3.8) is 0 Å². The third-order valence-electron chi connectivity index (χ3n) is 7.25. The Morgan fingerprint density at radius 3 is 2.67 bits per heavy atom. The second-order valence-corrected chi connectivity index (χ2v) is 9.14. The molecule has 0 radical (unpaired) electrons. The first-order chi connectivity index (χ1) is 14.5. The Morgan fingerprint density at radius 1 is 1.23 bits per heavy atom. The van der Waals surface area contributed by atoms with Crippen LogP contribution in [0, 0.1) is 6.92 Å². The smallest absolute Gasteiger partial charge is 0.317 e. The molecule has 0 unspecified atom stereocenters. The summed E-state index contributed by atoms with van der Waals surface area (Å²) >= 11 is 0. The van der Waals surface area contributed by atoms with E-state index < -0.39 is 0 Å². The molecule has 4 rings (SSSR count). The van der Waals surface area contributed by atoms with Gasteiger partial charge in [0.05, 0.1) is 0 Å². The van der Waals surface area contributed by atoms with Gasteiger partial charge in [-0.05, 0) is 75.8 Å². The molecular weight excluding hydrogens is 372 g/mol. The first-order valence-corrected chi connectivity index (χ1v) is 11.9. The fourth-order valence-corrected chi connectivity index (χ4v) is 5.91. The number of hydrogen-bond donors (Lipinski definition) is 2. The summed E-state index contributed by atoms with van der Waals surface area (Å²) in [6, 6.07) is 5.53. The van der Waals surface area contributed by atoms with Crippen molar-refractivity contribution in [2.45, 2.75) is 78.3 Å². The maximum absolute atomic E-state index is 12.8. The van der Waals surface area contributed by atoms with Gasteiger partial charge >= 0.3 is 6.03 Å². The first-order valence-electron chi connectivity index (χ1n) is 11.9. The number of aromatic nitrogens is 1. The zero-order valence-corrected chi connectivity index (χ0v) is 19.3. The van der Waals surface area contributed by atoms with Crippen LogP contribution in [0.2, 0.25) is 0 Å². The maximum Gasteiger partial charge on any atom is 0.317 e. The van der Waals surface area contributed by atoms with Crippen molar-refractivity contribution in [1.82, 2.24) is 20.1 Å². The summed E-state index contributed by atoms with van der Waals surface area (Å²) in [5.41, 5.74) is 7.06. The summed E-state index contributed by atoms with van der Waals surface area (Å²) < 4.78 is 0. The molecule has 1 aliphatic carbocycles. The number of urea groups is 1. The number of aromatic amines is 1. The van der Waals surface area contributed by atoms with Gasteiger partial charge in [-0.2, -0.15) is 0 Å². The van der Waals surface area contributed by atoms with Crippen LogP contribution >= 0.6 is 0 Å². The number of nitrogens with zero attached hydrogens (tertiary/aromatic N) is 2. The average molecular weight is 411 g/mol. The Balaban J connectivity index is 1.71. The topological polar surface area (TPSA) is 51.4 Å². The predicted octanol–water partition coefficient (Wildman–Crippen LogP) is 4.58. The van der Waals surface area contributed by atoms with Gasteiger partial charge in [0.25, 0.3) is 0 Å². The molecule has 0 bridgehead atoms. The van der Waals surface area contributed by atoms with Crippen LogP contribution in [-0.4, -0.2) is 59.1 Å². The number of carbonyl (C=O) groups is 1. The summed E-state index contributed by atoms with van der Waals surface area (Å²) in [5, 5.41) is 4.83. The van der Waals surface area contributed by atoms with Crippen LogP contribution < -0.4 is 5.32 Å². The average Bonchev–Trinajstić information content (AvgIpc) is 3.07. The summed E-state index contributed by atoms with van der Waals surface area (Å²) in [7, 11) is 0. The molecule has 2 amide bonds. The van der Waals surface area contributed by atoms with Crippen LogP contribution in [0.5, 0.6) is 0 Å². The van der Waals surface area contributed by atoms with E-state index in [4.69, 9.17) is 0 Å². The number of piperidine rings is 1. The normalized spacial score (nSPS) is 23.4. The van der Waals surface area contributed by atoms with Crippen LogP contribution in [0.15, 0.2) is 12.1 Å². The predicted molar refractivity (Wildman–Crippen MR) is 124 cm³/mol. The molecule has 2 aromatic rings. The molecule has 5 nitrogen and oxygen atoms in total. The molecule has 1 aromatic heterocycles. The molecule has 164 valence electrons. The quantitative estimate of drug-likeness (QED) is 0.732. The summed E-state index contributed by atoms with van der Waals surface area (Å²) in [6.07, 6.45) is 4.35. The minimum atomic E-state index is 0.0840. The Labute approximate surface area is 181 Å². The maximum atomic E-state index is 12.8. The molecule has 1 aliphatic heterocycles. The van der Waals surface area contributed by atoms with Crippen molar-refractivity contribution in [2.75, 3.05) is 26.2 Å². The second kappa shape index (κ2) is 8.62. The monoisotopic (exact) mass is 410 g/mol. The van der Waals surface area contributed by atoms with Gasteiger partial charge in [-0.1, -0.05) is 19.9 Å². The molecule has 2 heterocycles. The molecule has 1 saturated heterocycles. The highest BCUT2D eigenvalue weighted by Gasteiger charge is 2.41. The van der Waals surface area contributed by atoms with Gasteiger partial charge < -0.3 is 15.2 Å². The molecule has 1 fully saturated rings. The lowest BCUT2D eigenvalue weighted by molar-refractivity contribution is 0.0978. The number of rotatable bonds is 6. The van der Waals surface area contributed by atoms with E-state index in [1.807, 2.05) is 18.7 Å². The van der Waals surface area contributed by atoms with Gasteiger partial charge in [0, 0.05) is 54.2 Å². The Morgan fingerprint density at radius 2 is 2.00 bits per heavy atom. The van der Waals surface area contributed by atoms with Gasteiger partial charge in [0.2, 0.25) is 0 Å². The van der Waals surface area contributed by atoms with Gasteiger partial charge in [-0.25, -0.2) is 4.79 Å². The van der Waals surface area contributed by atoms with Crippen molar-refractivity contribution >= 4 is 16.9 Å². The lowest BCUT2D eigenvalue weighted by Gasteiger charge is -2.47. The number of nitrogens with one attached hydrogen (secondary N) is 2. The van der Waals surface area contributed by atoms with Crippen molar-refractivity contribution in [2.24, 2.45) is 0 Å². The van der Waals surface area contributed by atoms with Crippen LogP contribution in [0.1, 0.15) is 68.8 Å². The van der Waals surface area contributed by atoms with Crippen LogP contribution in [0.3, 0.4) is 0 Å². The molecule has 5 heteroatoms. The Kier molecular flexibility index (Phi) is 6.10. The minimum absolute atomic E-state index is 0.0840. The first kappa shape index (κ1) is 21.2. The van der Waals surface area contributed by atoms with Crippen LogP contribution in [0.25, 0.3) is 10.9 Å². The fourth-order valence-electron chi connectivity index (χ4n) is 5.91. The number of amides is 2. The van der Waals surface area contributed by atoms with E-state index in [9.17, 15) is 4.79 Å². The molecule has 0 saturated carbocycles. The highest BCUT2D eigenvalue weighted by atomic mass is 16.2. The number of hydrogen-bond acceptors (Lipinski definition) is 2. The molecule has 3 atom stereocenters. The highest BCUT2D eigenvalue weighted by Crippen LogP contribution is 2.45. The highest BCUT2D eigenvalue weighted by molar-refractivity contribution is 5.90. The van der Waals surface area contributed by atoms with Gasteiger partial charge in [0.1, 0.15) is 0 Å². The zero-order chi connectivity index (χ0) is 21.4. The molecule has 1 aromatic carbocycles. The Bertz CT molecular complexity index is 913. The summed E-state index contributed by atoms with van der Waals surface area (Å²) in [5.74, 6) is 0.475. The van der Waals surface area contributed by atoms with E-state index in [0.717, 1.165) is 51.9 Å². The summed E-state index contributed by atoms with van der Waals surface area (Å²) in [4.78, 5) is 21.0. The summed E-state index contributed by atoms with van der Waals surface area (Å²) in [6.45, 7) is 14.4. The van der Waals surface area contributed by atoms with Crippen molar-refractivity contribution in [3.8, 4) is 0 Å². The molecule has 2 N–H and O–H groups in total. The van der Waals surface area contributed by atoms with Gasteiger partial charge in [-0.3, -0.25) is 4.90 Å². The standard InChI is InChI=1S/C25H38N4O/c1-6-10-29-15-17(26-25(30)28(8-3)9-4)13-18-19-11-16(5)12-22-24(19)20(14-23(18)29)21(7-2)27-22/h11-12,17-18,23,27H,6-10,13-15H2,1-5H3,(H,26,30)/t17-,18+,23+/m0/s1. The number of H-pyrrole nitrogens is 1. The largest absolute Gasteiger partial charge is 0.358 e. The van der Waals surface area contributed by atoms with E-state index >= 15 is 0 Å². The van der Waals surface area contributed by atoms with E-state index in [0.29, 0.717) is 12.0 Å². The molecule has 30 heavy (non-hydrogen) atoms. The Hall–Kier alpha value is -2.01. The minimum Gasteiger partial charge on any atom is -0.358 e.